The molecule has 1 saturated heterocycles. The van der Waals surface area contributed by atoms with Gasteiger partial charge in [-0.1, -0.05) is 12.1 Å². The molecule has 0 saturated carbocycles. The van der Waals surface area contributed by atoms with E-state index in [1.54, 1.807) is 7.11 Å². The van der Waals surface area contributed by atoms with Crippen LogP contribution in [0.5, 0.6) is 5.75 Å². The third kappa shape index (κ3) is 4.34. The van der Waals surface area contributed by atoms with Crippen LogP contribution < -0.4 is 9.64 Å². The highest BCUT2D eigenvalue weighted by Gasteiger charge is 2.25. The first kappa shape index (κ1) is 18.2. The maximum absolute atomic E-state index is 12.8. The molecule has 1 aromatic carbocycles. The number of benzene rings is 1. The van der Waals surface area contributed by atoms with E-state index in [9.17, 15) is 4.79 Å². The number of carbonyl (C=O) groups is 1. The second-order valence-corrected chi connectivity index (χ2v) is 7.05. The number of likely N-dealkylation sites (tertiary alicyclic amines) is 1. The third-order valence-corrected chi connectivity index (χ3v) is 4.96. The van der Waals surface area contributed by atoms with E-state index in [1.807, 2.05) is 54.4 Å². The Balaban J connectivity index is 1.67. The summed E-state index contributed by atoms with van der Waals surface area (Å²) >= 11 is 0. The summed E-state index contributed by atoms with van der Waals surface area (Å²) < 4.78 is 5.25. The second kappa shape index (κ2) is 8.21. The zero-order valence-electron chi connectivity index (χ0n) is 15.8. The molecule has 5 nitrogen and oxygen atoms in total. The van der Waals surface area contributed by atoms with Gasteiger partial charge in [0.05, 0.1) is 13.5 Å². The number of aromatic nitrogens is 1. The number of pyridine rings is 1. The van der Waals surface area contributed by atoms with Crippen molar-refractivity contribution in [3.05, 3.63) is 53.7 Å². The van der Waals surface area contributed by atoms with Crippen molar-refractivity contribution < 1.29 is 9.53 Å². The number of nitrogens with zero attached hydrogens (tertiary/aromatic N) is 3. The fourth-order valence-corrected chi connectivity index (χ4v) is 3.48. The predicted octanol–water partition coefficient (Wildman–Crippen LogP) is 3.10. The highest BCUT2D eigenvalue weighted by Crippen LogP contribution is 2.28. The van der Waals surface area contributed by atoms with Crippen LogP contribution in [0.1, 0.15) is 29.9 Å². The highest BCUT2D eigenvalue weighted by molar-refractivity contribution is 5.79. The van der Waals surface area contributed by atoms with Crippen molar-refractivity contribution in [1.29, 1.82) is 0 Å². The Morgan fingerprint density at radius 1 is 1.31 bits per heavy atom. The number of rotatable bonds is 5. The minimum atomic E-state index is 0.185. The molecule has 0 radical (unpaired) electrons. The first-order valence-electron chi connectivity index (χ1n) is 9.11. The molecule has 3 rings (SSSR count). The topological polar surface area (TPSA) is 45.7 Å². The molecule has 1 fully saturated rings. The zero-order valence-corrected chi connectivity index (χ0v) is 15.8. The molecule has 0 aliphatic carbocycles. The quantitative estimate of drug-likeness (QED) is 0.829. The Bertz CT molecular complexity index is 760. The lowest BCUT2D eigenvalue weighted by Gasteiger charge is -2.33. The summed E-state index contributed by atoms with van der Waals surface area (Å²) in [4.78, 5) is 21.2. The molecule has 26 heavy (non-hydrogen) atoms. The molecule has 1 aliphatic rings. The van der Waals surface area contributed by atoms with E-state index in [4.69, 9.17) is 4.74 Å². The summed E-state index contributed by atoms with van der Waals surface area (Å²) in [6, 6.07) is 12.0. The molecule has 1 aromatic heterocycles. The van der Waals surface area contributed by atoms with Gasteiger partial charge in [-0.3, -0.25) is 4.79 Å². The van der Waals surface area contributed by atoms with Crippen molar-refractivity contribution in [3.8, 4) is 5.75 Å². The average molecular weight is 353 g/mol. The van der Waals surface area contributed by atoms with Gasteiger partial charge in [0.25, 0.3) is 0 Å². The summed E-state index contributed by atoms with van der Waals surface area (Å²) in [5.74, 6) is 2.31. The Kier molecular flexibility index (Phi) is 5.76. The molecule has 0 unspecified atom stereocenters. The van der Waals surface area contributed by atoms with Gasteiger partial charge in [-0.2, -0.15) is 0 Å². The number of amides is 1. The molecule has 1 atom stereocenters. The van der Waals surface area contributed by atoms with Crippen molar-refractivity contribution in [2.24, 2.45) is 0 Å². The molecular weight excluding hydrogens is 326 g/mol. The van der Waals surface area contributed by atoms with Crippen molar-refractivity contribution in [1.82, 2.24) is 9.88 Å². The maximum atomic E-state index is 12.8. The standard InChI is InChI=1S/C21H27N3O2/c1-23(2)20-14-17(9-10-22-20)18-7-5-11-24(15-18)21(25)13-16-6-4-8-19(12-16)26-3/h4,6,8-10,12,14,18H,5,7,11,13,15H2,1-3H3/t18-/m1/s1. The van der Waals surface area contributed by atoms with Gasteiger partial charge < -0.3 is 14.5 Å². The number of hydrogen-bond acceptors (Lipinski definition) is 4. The summed E-state index contributed by atoms with van der Waals surface area (Å²) in [7, 11) is 5.64. The van der Waals surface area contributed by atoms with Crippen LogP contribution in [0, 0.1) is 0 Å². The van der Waals surface area contributed by atoms with Crippen LogP contribution >= 0.6 is 0 Å². The molecule has 138 valence electrons. The van der Waals surface area contributed by atoms with Gasteiger partial charge in [0.1, 0.15) is 11.6 Å². The van der Waals surface area contributed by atoms with E-state index in [-0.39, 0.29) is 5.91 Å². The third-order valence-electron chi connectivity index (χ3n) is 4.96. The summed E-state index contributed by atoms with van der Waals surface area (Å²) in [6.07, 6.45) is 4.43. The van der Waals surface area contributed by atoms with E-state index >= 15 is 0 Å². The van der Waals surface area contributed by atoms with E-state index in [2.05, 4.69) is 17.1 Å². The molecular formula is C21H27N3O2. The molecule has 5 heteroatoms. The Morgan fingerprint density at radius 3 is 2.92 bits per heavy atom. The number of anilines is 1. The van der Waals surface area contributed by atoms with Gasteiger partial charge >= 0.3 is 0 Å². The SMILES string of the molecule is COc1cccc(CC(=O)N2CCC[C@@H](c3ccnc(N(C)C)c3)C2)c1. The molecule has 1 aliphatic heterocycles. The molecule has 2 aromatic rings. The first-order chi connectivity index (χ1) is 12.6. The Labute approximate surface area is 155 Å². The average Bonchev–Trinajstić information content (AvgIpc) is 2.68. The van der Waals surface area contributed by atoms with Crippen molar-refractivity contribution in [3.63, 3.8) is 0 Å². The van der Waals surface area contributed by atoms with Crippen molar-refractivity contribution >= 4 is 11.7 Å². The highest BCUT2D eigenvalue weighted by atomic mass is 16.5. The number of methoxy groups -OCH3 is 1. The summed E-state index contributed by atoms with van der Waals surface area (Å²) in [5, 5.41) is 0. The van der Waals surface area contributed by atoms with Crippen LogP contribution in [0.3, 0.4) is 0 Å². The minimum Gasteiger partial charge on any atom is -0.497 e. The van der Waals surface area contributed by atoms with E-state index in [0.29, 0.717) is 12.3 Å². The normalized spacial score (nSPS) is 17.0. The van der Waals surface area contributed by atoms with Gasteiger partial charge in [-0.15, -0.1) is 0 Å². The monoisotopic (exact) mass is 353 g/mol. The second-order valence-electron chi connectivity index (χ2n) is 7.05. The molecule has 0 spiro atoms. The van der Waals surface area contributed by atoms with Crippen molar-refractivity contribution in [2.45, 2.75) is 25.2 Å². The van der Waals surface area contributed by atoms with Crippen LogP contribution in [0.2, 0.25) is 0 Å². The fourth-order valence-electron chi connectivity index (χ4n) is 3.48. The summed E-state index contributed by atoms with van der Waals surface area (Å²) in [5.41, 5.74) is 2.26. The predicted molar refractivity (Wildman–Crippen MR) is 104 cm³/mol. The molecule has 0 bridgehead atoms. The lowest BCUT2D eigenvalue weighted by Crippen LogP contribution is -2.40. The van der Waals surface area contributed by atoms with Gasteiger partial charge in [-0.05, 0) is 48.2 Å². The molecule has 2 heterocycles. The van der Waals surface area contributed by atoms with Crippen LogP contribution in [0.15, 0.2) is 42.6 Å². The number of piperidine rings is 1. The summed E-state index contributed by atoms with van der Waals surface area (Å²) in [6.45, 7) is 1.62. The van der Waals surface area contributed by atoms with Crippen LogP contribution in [-0.2, 0) is 11.2 Å². The van der Waals surface area contributed by atoms with Gasteiger partial charge in [0.15, 0.2) is 0 Å². The van der Waals surface area contributed by atoms with Crippen molar-refractivity contribution in [2.75, 3.05) is 39.2 Å². The van der Waals surface area contributed by atoms with Gasteiger partial charge in [0, 0.05) is 39.3 Å². The van der Waals surface area contributed by atoms with E-state index in [1.165, 1.54) is 5.56 Å². The lowest BCUT2D eigenvalue weighted by atomic mass is 9.91. The van der Waals surface area contributed by atoms with E-state index in [0.717, 1.165) is 43.1 Å². The van der Waals surface area contributed by atoms with Gasteiger partial charge in [0.2, 0.25) is 5.91 Å². The van der Waals surface area contributed by atoms with E-state index < -0.39 is 0 Å². The molecule has 0 N–H and O–H groups in total. The maximum Gasteiger partial charge on any atom is 0.227 e. The fraction of sp³-hybridized carbons (Fsp3) is 0.429. The minimum absolute atomic E-state index is 0.185. The smallest absolute Gasteiger partial charge is 0.227 e. The van der Waals surface area contributed by atoms with Crippen LogP contribution in [0.4, 0.5) is 5.82 Å². The number of ether oxygens (including phenoxy) is 1. The zero-order chi connectivity index (χ0) is 18.5. The Morgan fingerprint density at radius 2 is 2.15 bits per heavy atom. The number of hydrogen-bond donors (Lipinski definition) is 0. The van der Waals surface area contributed by atoms with Gasteiger partial charge in [-0.25, -0.2) is 4.98 Å². The Hall–Kier alpha value is -2.56. The van der Waals surface area contributed by atoms with Crippen LogP contribution in [0.25, 0.3) is 0 Å². The molecule has 1 amide bonds. The van der Waals surface area contributed by atoms with Crippen LogP contribution in [-0.4, -0.2) is 50.1 Å². The number of carbonyl (C=O) groups excluding carboxylic acids is 1. The first-order valence-corrected chi connectivity index (χ1v) is 9.11. The largest absolute Gasteiger partial charge is 0.497 e. The lowest BCUT2D eigenvalue weighted by molar-refractivity contribution is -0.131.